The largest absolute Gasteiger partial charge is 0.366 e. The number of carbonyl (C=O) groups excluding carboxylic acids is 2. The number of aromatic nitrogens is 1. The van der Waals surface area contributed by atoms with Crippen LogP contribution in [0.15, 0.2) is 12.3 Å². The van der Waals surface area contributed by atoms with Crippen LogP contribution in [0, 0.1) is 0 Å². The lowest BCUT2D eigenvalue weighted by Crippen LogP contribution is -2.30. The predicted octanol–water partition coefficient (Wildman–Crippen LogP) is -0.494. The van der Waals surface area contributed by atoms with E-state index in [1.54, 1.807) is 0 Å². The third-order valence-corrected chi connectivity index (χ3v) is 1.98. The number of hydrogen-bond acceptors (Lipinski definition) is 3. The van der Waals surface area contributed by atoms with Gasteiger partial charge in [0.15, 0.2) is 0 Å². The molecule has 6 nitrogen and oxygen atoms in total. The van der Waals surface area contributed by atoms with E-state index >= 15 is 0 Å². The van der Waals surface area contributed by atoms with Gasteiger partial charge in [-0.3, -0.25) is 10.1 Å². The highest BCUT2D eigenvalue weighted by Gasteiger charge is 2.08. The molecule has 2 radical (unpaired) electrons. The fourth-order valence-corrected chi connectivity index (χ4v) is 1.15. The minimum Gasteiger partial charge on any atom is -0.366 e. The zero-order valence-electron chi connectivity index (χ0n) is 9.49. The molecule has 0 unspecified atom stereocenters. The molecule has 0 atom stereocenters. The minimum absolute atomic E-state index is 0.130. The Morgan fingerprint density at radius 1 is 1.53 bits per heavy atom. The molecule has 1 aromatic heterocycles. The fourth-order valence-electron chi connectivity index (χ4n) is 1.15. The van der Waals surface area contributed by atoms with Gasteiger partial charge in [0.2, 0.25) is 5.91 Å². The summed E-state index contributed by atoms with van der Waals surface area (Å²) in [6, 6.07) is 0.947. The monoisotopic (exact) mass is 232 g/mol. The molecule has 0 saturated carbocycles. The van der Waals surface area contributed by atoms with E-state index in [-0.39, 0.29) is 22.9 Å². The highest BCUT2D eigenvalue weighted by molar-refractivity contribution is 6.36. The van der Waals surface area contributed by atoms with Crippen LogP contribution < -0.4 is 21.8 Å². The van der Waals surface area contributed by atoms with Crippen molar-refractivity contribution in [2.75, 3.05) is 11.9 Å². The van der Waals surface area contributed by atoms with Crippen LogP contribution in [0.4, 0.5) is 10.6 Å². The molecule has 0 aliphatic carbocycles. The molecule has 17 heavy (non-hydrogen) atoms. The number of carbonyl (C=O) groups is 2. The molecule has 0 spiro atoms. The smallest absolute Gasteiger partial charge is 0.320 e. The lowest BCUT2D eigenvalue weighted by Gasteiger charge is -2.08. The van der Waals surface area contributed by atoms with Crippen molar-refractivity contribution in [2.45, 2.75) is 13.3 Å². The van der Waals surface area contributed by atoms with E-state index in [9.17, 15) is 9.59 Å². The summed E-state index contributed by atoms with van der Waals surface area (Å²) in [4.78, 5) is 26.2. The summed E-state index contributed by atoms with van der Waals surface area (Å²) < 4.78 is 0. The van der Waals surface area contributed by atoms with Crippen molar-refractivity contribution in [3.8, 4) is 0 Å². The first-order valence-corrected chi connectivity index (χ1v) is 5.14. The summed E-state index contributed by atoms with van der Waals surface area (Å²) in [6.07, 6.45) is 2.10. The Hall–Kier alpha value is -2.05. The quantitative estimate of drug-likeness (QED) is 0.610. The van der Waals surface area contributed by atoms with Gasteiger partial charge in [0, 0.05) is 18.3 Å². The van der Waals surface area contributed by atoms with Gasteiger partial charge in [-0.1, -0.05) is 12.4 Å². The SMILES string of the molecule is [B]c1cnc(NC(=O)NCCC)cc1C(N)=O. The maximum Gasteiger partial charge on any atom is 0.320 e. The summed E-state index contributed by atoms with van der Waals surface area (Å²) in [6.45, 7) is 2.50. The average molecular weight is 232 g/mol. The maximum atomic E-state index is 11.3. The van der Waals surface area contributed by atoms with E-state index in [2.05, 4.69) is 15.6 Å². The maximum absolute atomic E-state index is 11.3. The average Bonchev–Trinajstić information content (AvgIpc) is 2.28. The number of urea groups is 1. The second kappa shape index (κ2) is 5.88. The second-order valence-corrected chi connectivity index (χ2v) is 3.40. The summed E-state index contributed by atoms with van der Waals surface area (Å²) in [7, 11) is 5.51. The number of pyridine rings is 1. The molecule has 0 fully saturated rings. The van der Waals surface area contributed by atoms with Crippen LogP contribution in [0.3, 0.4) is 0 Å². The lowest BCUT2D eigenvalue weighted by atomic mass is 9.92. The molecule has 1 rings (SSSR count). The van der Waals surface area contributed by atoms with E-state index in [4.69, 9.17) is 13.6 Å². The molecule has 7 heteroatoms. The Labute approximate surface area is 100 Å². The van der Waals surface area contributed by atoms with Crippen molar-refractivity contribution < 1.29 is 9.59 Å². The first-order chi connectivity index (χ1) is 8.04. The van der Waals surface area contributed by atoms with Crippen molar-refractivity contribution in [3.05, 3.63) is 17.8 Å². The normalized spacial score (nSPS) is 9.71. The van der Waals surface area contributed by atoms with Crippen LogP contribution >= 0.6 is 0 Å². The number of amides is 3. The molecule has 0 aromatic carbocycles. The van der Waals surface area contributed by atoms with E-state index in [0.29, 0.717) is 6.54 Å². The summed E-state index contributed by atoms with van der Waals surface area (Å²) in [5.41, 5.74) is 5.43. The number of primary amides is 1. The van der Waals surface area contributed by atoms with Gasteiger partial charge in [-0.2, -0.15) is 0 Å². The van der Waals surface area contributed by atoms with Crippen LogP contribution in [0.2, 0.25) is 0 Å². The van der Waals surface area contributed by atoms with Gasteiger partial charge in [0.25, 0.3) is 0 Å². The summed E-state index contributed by atoms with van der Waals surface area (Å²) >= 11 is 0. The van der Waals surface area contributed by atoms with Crippen LogP contribution in [0.25, 0.3) is 0 Å². The van der Waals surface area contributed by atoms with E-state index in [1.807, 2.05) is 6.92 Å². The van der Waals surface area contributed by atoms with E-state index in [0.717, 1.165) is 6.42 Å². The van der Waals surface area contributed by atoms with Gasteiger partial charge in [0.1, 0.15) is 13.7 Å². The van der Waals surface area contributed by atoms with Gasteiger partial charge < -0.3 is 11.1 Å². The Morgan fingerprint density at radius 2 is 2.24 bits per heavy atom. The lowest BCUT2D eigenvalue weighted by molar-refractivity contribution is 0.100. The minimum atomic E-state index is -0.665. The number of hydrogen-bond donors (Lipinski definition) is 3. The number of nitrogens with one attached hydrogen (secondary N) is 2. The second-order valence-electron chi connectivity index (χ2n) is 3.40. The molecular formula is C10H13BN4O2. The Bertz CT molecular complexity index is 436. The third kappa shape index (κ3) is 3.79. The van der Waals surface area contributed by atoms with Crippen LogP contribution in [-0.4, -0.2) is 31.3 Å². The molecule has 0 aliphatic rings. The highest BCUT2D eigenvalue weighted by atomic mass is 16.2. The molecule has 1 heterocycles. The zero-order valence-corrected chi connectivity index (χ0v) is 9.49. The number of nitrogens with two attached hydrogens (primary N) is 1. The predicted molar refractivity (Wildman–Crippen MR) is 65.5 cm³/mol. The zero-order chi connectivity index (χ0) is 12.8. The van der Waals surface area contributed by atoms with Crippen molar-refractivity contribution in [1.82, 2.24) is 10.3 Å². The first-order valence-electron chi connectivity index (χ1n) is 5.14. The standard InChI is InChI=1S/C10H13BN4O2/c1-2-3-13-10(17)15-8-4-6(9(12)16)7(11)5-14-8/h4-5H,2-3H2,1H3,(H2,12,16)(H2,13,14,15,17). The van der Waals surface area contributed by atoms with Crippen molar-refractivity contribution in [3.63, 3.8) is 0 Å². The Kier molecular flexibility index (Phi) is 4.51. The number of anilines is 1. The Morgan fingerprint density at radius 3 is 2.82 bits per heavy atom. The summed E-state index contributed by atoms with van der Waals surface area (Å²) in [5, 5.41) is 5.08. The molecular weight excluding hydrogens is 219 g/mol. The van der Waals surface area contributed by atoms with Gasteiger partial charge in [0.05, 0.1) is 0 Å². The first kappa shape index (κ1) is 13.0. The van der Waals surface area contributed by atoms with Gasteiger partial charge >= 0.3 is 6.03 Å². The van der Waals surface area contributed by atoms with Crippen molar-refractivity contribution >= 4 is 31.1 Å². The highest BCUT2D eigenvalue weighted by Crippen LogP contribution is 2.03. The van der Waals surface area contributed by atoms with Gasteiger partial charge in [-0.05, 0) is 12.5 Å². The molecule has 0 bridgehead atoms. The number of rotatable bonds is 4. The molecule has 3 amide bonds. The van der Waals surface area contributed by atoms with Crippen LogP contribution in [0.1, 0.15) is 23.7 Å². The molecule has 0 aliphatic heterocycles. The third-order valence-electron chi connectivity index (χ3n) is 1.98. The van der Waals surface area contributed by atoms with Crippen molar-refractivity contribution in [2.24, 2.45) is 5.73 Å². The summed E-state index contributed by atoms with van der Waals surface area (Å²) in [5.74, 6) is -0.441. The van der Waals surface area contributed by atoms with E-state index in [1.165, 1.54) is 12.3 Å². The molecule has 0 saturated heterocycles. The molecule has 4 N–H and O–H groups in total. The van der Waals surface area contributed by atoms with Crippen LogP contribution in [0.5, 0.6) is 0 Å². The van der Waals surface area contributed by atoms with Crippen LogP contribution in [-0.2, 0) is 0 Å². The molecule has 1 aromatic rings. The van der Waals surface area contributed by atoms with E-state index < -0.39 is 5.91 Å². The number of nitrogens with zero attached hydrogens (tertiary/aromatic N) is 1. The Balaban J connectivity index is 2.75. The van der Waals surface area contributed by atoms with Gasteiger partial charge in [-0.15, -0.1) is 0 Å². The topological polar surface area (TPSA) is 97.1 Å². The van der Waals surface area contributed by atoms with Crippen molar-refractivity contribution in [1.29, 1.82) is 0 Å². The van der Waals surface area contributed by atoms with Gasteiger partial charge in [-0.25, -0.2) is 9.78 Å². The molecule has 88 valence electrons. The fraction of sp³-hybridized carbons (Fsp3) is 0.300.